The van der Waals surface area contributed by atoms with Gasteiger partial charge in [-0.3, -0.25) is 4.79 Å². The lowest BCUT2D eigenvalue weighted by atomic mass is 10.1. The van der Waals surface area contributed by atoms with Crippen molar-refractivity contribution < 1.29 is 9.90 Å². The van der Waals surface area contributed by atoms with Crippen molar-refractivity contribution >= 4 is 21.8 Å². The first-order valence-corrected chi connectivity index (χ1v) is 6.94. The first-order chi connectivity index (χ1) is 8.49. The molecule has 0 unspecified atom stereocenters. The Morgan fingerprint density at radius 1 is 1.61 bits per heavy atom. The van der Waals surface area contributed by atoms with Crippen LogP contribution in [0.1, 0.15) is 29.0 Å². The lowest BCUT2D eigenvalue weighted by Gasteiger charge is -2.29. The van der Waals surface area contributed by atoms with Crippen molar-refractivity contribution in [1.29, 1.82) is 0 Å². The number of likely N-dealkylation sites (tertiary alicyclic amines) is 1. The Kier molecular flexibility index (Phi) is 2.71. The van der Waals surface area contributed by atoms with E-state index in [1.807, 2.05) is 19.1 Å². The van der Waals surface area contributed by atoms with Gasteiger partial charge in [0, 0.05) is 29.2 Å². The summed E-state index contributed by atoms with van der Waals surface area (Å²) < 4.78 is 0.731. The highest BCUT2D eigenvalue weighted by Gasteiger charge is 2.56. The molecule has 1 amide bonds. The van der Waals surface area contributed by atoms with Gasteiger partial charge in [0.1, 0.15) is 5.69 Å². The van der Waals surface area contributed by atoms with Crippen LogP contribution in [0, 0.1) is 12.8 Å². The van der Waals surface area contributed by atoms with Crippen molar-refractivity contribution in [2.24, 2.45) is 5.92 Å². The molecule has 3 rings (SSSR count). The number of aryl methyl sites for hydroxylation is 1. The van der Waals surface area contributed by atoms with Crippen LogP contribution in [0.3, 0.4) is 0 Å². The molecule has 1 aliphatic carbocycles. The summed E-state index contributed by atoms with van der Waals surface area (Å²) >= 11 is 3.37. The van der Waals surface area contributed by atoms with Gasteiger partial charge in [-0.25, -0.2) is 4.98 Å². The number of amides is 1. The smallest absolute Gasteiger partial charge is 0.273 e. The van der Waals surface area contributed by atoms with Gasteiger partial charge in [-0.05, 0) is 47.8 Å². The molecule has 2 fully saturated rings. The van der Waals surface area contributed by atoms with Crippen LogP contribution in [-0.2, 0) is 0 Å². The Balaban J connectivity index is 1.80. The highest BCUT2D eigenvalue weighted by Crippen LogP contribution is 2.49. The molecule has 1 aromatic heterocycles. The van der Waals surface area contributed by atoms with E-state index in [-0.39, 0.29) is 11.8 Å². The Labute approximate surface area is 114 Å². The molecule has 1 saturated heterocycles. The molecule has 0 aromatic carbocycles. The molecule has 0 radical (unpaired) electrons. The van der Waals surface area contributed by atoms with Crippen LogP contribution in [0.5, 0.6) is 0 Å². The number of rotatable bonds is 1. The summed E-state index contributed by atoms with van der Waals surface area (Å²) in [7, 11) is 0. The number of fused-ring (bicyclic) bond motifs is 1. The number of halogens is 1. The fourth-order valence-electron chi connectivity index (χ4n) is 2.62. The van der Waals surface area contributed by atoms with Gasteiger partial charge in [-0.1, -0.05) is 0 Å². The molecule has 1 aromatic rings. The topological polar surface area (TPSA) is 53.4 Å². The maximum absolute atomic E-state index is 12.4. The number of carbonyl (C=O) groups excluding carboxylic acids is 1. The first-order valence-electron chi connectivity index (χ1n) is 6.14. The molecular weight excluding hydrogens is 296 g/mol. The highest BCUT2D eigenvalue weighted by molar-refractivity contribution is 9.10. The molecule has 4 nitrogen and oxygen atoms in total. The largest absolute Gasteiger partial charge is 0.389 e. The Morgan fingerprint density at radius 3 is 3.11 bits per heavy atom. The molecule has 2 atom stereocenters. The Bertz CT molecular complexity index is 520. The second kappa shape index (κ2) is 4.03. The molecule has 2 aliphatic rings. The van der Waals surface area contributed by atoms with Crippen LogP contribution in [0.25, 0.3) is 0 Å². The lowest BCUT2D eigenvalue weighted by molar-refractivity contribution is 0.0477. The number of aliphatic hydroxyl groups is 1. The van der Waals surface area contributed by atoms with Gasteiger partial charge >= 0.3 is 0 Å². The van der Waals surface area contributed by atoms with Crippen molar-refractivity contribution in [3.63, 3.8) is 0 Å². The summed E-state index contributed by atoms with van der Waals surface area (Å²) in [5, 5.41) is 9.95. The lowest BCUT2D eigenvalue weighted by Crippen LogP contribution is -2.41. The maximum atomic E-state index is 12.4. The number of aromatic nitrogens is 1. The summed E-state index contributed by atoms with van der Waals surface area (Å²) in [5.74, 6) is 0.221. The fraction of sp³-hybridized carbons (Fsp3) is 0.538. The quantitative estimate of drug-likeness (QED) is 0.860. The third-order valence-electron chi connectivity index (χ3n) is 3.93. The van der Waals surface area contributed by atoms with E-state index in [9.17, 15) is 9.90 Å². The summed E-state index contributed by atoms with van der Waals surface area (Å²) in [4.78, 5) is 18.5. The van der Waals surface area contributed by atoms with E-state index in [0.717, 1.165) is 16.6 Å². The predicted octanol–water partition coefficient (Wildman–Crippen LogP) is 1.75. The number of piperidine rings is 1. The van der Waals surface area contributed by atoms with E-state index < -0.39 is 5.60 Å². The molecule has 18 heavy (non-hydrogen) atoms. The zero-order valence-corrected chi connectivity index (χ0v) is 11.8. The molecule has 0 spiro atoms. The molecule has 2 heterocycles. The summed E-state index contributed by atoms with van der Waals surface area (Å²) in [5.41, 5.74) is 0.830. The molecule has 0 bridgehead atoms. The minimum absolute atomic E-state index is 0.0421. The molecule has 1 aliphatic heterocycles. The highest BCUT2D eigenvalue weighted by atomic mass is 79.9. The van der Waals surface area contributed by atoms with Crippen molar-refractivity contribution in [1.82, 2.24) is 9.88 Å². The minimum Gasteiger partial charge on any atom is -0.389 e. The van der Waals surface area contributed by atoms with Crippen molar-refractivity contribution in [2.45, 2.75) is 25.4 Å². The predicted molar refractivity (Wildman–Crippen MR) is 70.3 cm³/mol. The van der Waals surface area contributed by atoms with E-state index in [4.69, 9.17) is 0 Å². The first kappa shape index (κ1) is 12.1. The third-order valence-corrected chi connectivity index (χ3v) is 4.57. The second-order valence-electron chi connectivity index (χ2n) is 5.29. The number of pyridine rings is 1. The number of nitrogens with zero attached hydrogens (tertiary/aromatic N) is 2. The number of hydrogen-bond acceptors (Lipinski definition) is 3. The van der Waals surface area contributed by atoms with Gasteiger partial charge in [0.2, 0.25) is 0 Å². The fourth-order valence-corrected chi connectivity index (χ4v) is 3.01. The SMILES string of the molecule is Cc1ccc(Br)c(C(=O)N2CC[C@@]3(O)C[C@H]3C2)n1. The van der Waals surface area contributed by atoms with Crippen LogP contribution in [-0.4, -0.2) is 39.6 Å². The van der Waals surface area contributed by atoms with Crippen LogP contribution in [0.4, 0.5) is 0 Å². The third kappa shape index (κ3) is 1.95. The summed E-state index contributed by atoms with van der Waals surface area (Å²) in [6.07, 6.45) is 1.52. The summed E-state index contributed by atoms with van der Waals surface area (Å²) in [6, 6.07) is 3.73. The van der Waals surface area contributed by atoms with Gasteiger partial charge < -0.3 is 10.0 Å². The van der Waals surface area contributed by atoms with Crippen LogP contribution >= 0.6 is 15.9 Å². The molecule has 1 saturated carbocycles. The van der Waals surface area contributed by atoms with E-state index in [0.29, 0.717) is 25.2 Å². The molecule has 96 valence electrons. The standard InChI is InChI=1S/C13H15BrN2O2/c1-8-2-3-10(14)11(15-8)12(17)16-5-4-13(18)6-9(13)7-16/h2-3,9,18H,4-7H2,1H3/t9-,13+/m0/s1. The van der Waals surface area contributed by atoms with Crippen LogP contribution in [0.2, 0.25) is 0 Å². The molecule has 5 heteroatoms. The molecule has 1 N–H and O–H groups in total. The average Bonchev–Trinajstić information content (AvgIpc) is 3.02. The van der Waals surface area contributed by atoms with E-state index in [1.165, 1.54) is 0 Å². The van der Waals surface area contributed by atoms with Crippen molar-refractivity contribution in [3.05, 3.63) is 28.0 Å². The minimum atomic E-state index is -0.478. The van der Waals surface area contributed by atoms with Gasteiger partial charge in [-0.15, -0.1) is 0 Å². The van der Waals surface area contributed by atoms with Crippen molar-refractivity contribution in [3.8, 4) is 0 Å². The van der Waals surface area contributed by atoms with Crippen LogP contribution in [0.15, 0.2) is 16.6 Å². The van der Waals surface area contributed by atoms with Gasteiger partial charge in [0.25, 0.3) is 5.91 Å². The van der Waals surface area contributed by atoms with Gasteiger partial charge in [-0.2, -0.15) is 0 Å². The zero-order valence-electron chi connectivity index (χ0n) is 10.2. The Hall–Kier alpha value is -0.940. The normalized spacial score (nSPS) is 29.9. The van der Waals surface area contributed by atoms with E-state index in [1.54, 1.807) is 4.90 Å². The number of hydrogen-bond donors (Lipinski definition) is 1. The second-order valence-corrected chi connectivity index (χ2v) is 6.14. The van der Waals surface area contributed by atoms with Gasteiger partial charge in [0.05, 0.1) is 5.60 Å². The van der Waals surface area contributed by atoms with E-state index in [2.05, 4.69) is 20.9 Å². The monoisotopic (exact) mass is 310 g/mol. The van der Waals surface area contributed by atoms with Crippen LogP contribution < -0.4 is 0 Å². The summed E-state index contributed by atoms with van der Waals surface area (Å²) in [6.45, 7) is 3.14. The zero-order chi connectivity index (χ0) is 12.9. The van der Waals surface area contributed by atoms with Crippen molar-refractivity contribution in [2.75, 3.05) is 13.1 Å². The van der Waals surface area contributed by atoms with Gasteiger partial charge in [0.15, 0.2) is 0 Å². The van der Waals surface area contributed by atoms with E-state index >= 15 is 0 Å². The molecular formula is C13H15BrN2O2. The Morgan fingerprint density at radius 2 is 2.39 bits per heavy atom. The maximum Gasteiger partial charge on any atom is 0.273 e. The average molecular weight is 311 g/mol. The number of carbonyl (C=O) groups is 1.